The lowest BCUT2D eigenvalue weighted by Gasteiger charge is -2.34. The van der Waals surface area contributed by atoms with Gasteiger partial charge in [-0.25, -0.2) is 4.79 Å². The maximum atomic E-state index is 13.2. The largest absolute Gasteiger partial charge is 0.508 e. The van der Waals surface area contributed by atoms with Crippen LogP contribution in [0.5, 0.6) is 51.7 Å². The molecule has 4 aromatic rings. The van der Waals surface area contributed by atoms with Gasteiger partial charge in [0.15, 0.2) is 34.9 Å². The summed E-state index contributed by atoms with van der Waals surface area (Å²) in [5, 5.41) is 71.5. The molecule has 5 rings (SSSR count). The Kier molecular flexibility index (Phi) is 6.78. The van der Waals surface area contributed by atoms with E-state index in [1.165, 1.54) is 19.1 Å². The number of phenolic OH excluding ortho intramolecular Hbond substituents is 6. The Labute approximate surface area is 235 Å². The number of hydrogen-bond acceptors (Lipinski definition) is 13. The Morgan fingerprint density at radius 2 is 1.60 bits per heavy atom. The van der Waals surface area contributed by atoms with Crippen LogP contribution in [0.15, 0.2) is 47.3 Å². The maximum absolute atomic E-state index is 13.2. The van der Waals surface area contributed by atoms with E-state index in [9.17, 15) is 50.1 Å². The molecule has 4 aromatic carbocycles. The molecule has 0 radical (unpaired) electrons. The van der Waals surface area contributed by atoms with Crippen molar-refractivity contribution in [2.75, 3.05) is 0 Å². The van der Waals surface area contributed by atoms with Gasteiger partial charge in [0.1, 0.15) is 29.1 Å². The number of rotatable bonds is 5. The van der Waals surface area contributed by atoms with Crippen molar-refractivity contribution in [1.29, 1.82) is 0 Å². The first-order chi connectivity index (χ1) is 19.9. The molecule has 2 atom stereocenters. The topological polar surface area (TPSA) is 221 Å². The zero-order valence-corrected chi connectivity index (χ0v) is 21.6. The van der Waals surface area contributed by atoms with E-state index in [2.05, 4.69) is 0 Å². The van der Waals surface area contributed by atoms with E-state index in [1.54, 1.807) is 0 Å². The van der Waals surface area contributed by atoms with E-state index >= 15 is 0 Å². The SMILES string of the molecule is Cc1cc(C(=O)O[C@@H]2Cc3c(O)cc(O)cc3O[C@@H]2c2cc(O)c(O)c3c(O)c(=O)cc(OC=O)cc23)cc(O)c1O. The van der Waals surface area contributed by atoms with Crippen molar-refractivity contribution in [3.63, 3.8) is 0 Å². The zero-order chi connectivity index (χ0) is 30.5. The van der Waals surface area contributed by atoms with Crippen LogP contribution in [0.3, 0.4) is 0 Å². The first-order valence-corrected chi connectivity index (χ1v) is 12.2. The predicted octanol–water partition coefficient (Wildman–Crippen LogP) is 2.88. The normalized spacial score (nSPS) is 15.8. The van der Waals surface area contributed by atoms with Crippen molar-refractivity contribution in [2.45, 2.75) is 25.6 Å². The van der Waals surface area contributed by atoms with Crippen LogP contribution in [0.2, 0.25) is 0 Å². The first-order valence-electron chi connectivity index (χ1n) is 12.2. The molecule has 0 saturated heterocycles. The fraction of sp³-hybridized carbons (Fsp3) is 0.138. The quantitative estimate of drug-likeness (QED) is 0.103. The second kappa shape index (κ2) is 10.3. The van der Waals surface area contributed by atoms with Crippen molar-refractivity contribution >= 4 is 23.2 Å². The highest BCUT2D eigenvalue weighted by molar-refractivity contribution is 5.98. The van der Waals surface area contributed by atoms with E-state index in [4.69, 9.17) is 14.2 Å². The summed E-state index contributed by atoms with van der Waals surface area (Å²) < 4.78 is 16.6. The van der Waals surface area contributed by atoms with Crippen LogP contribution in [0, 0.1) is 6.92 Å². The molecule has 0 amide bonds. The number of phenols is 6. The van der Waals surface area contributed by atoms with Crippen LogP contribution in [-0.2, 0) is 16.0 Å². The minimum Gasteiger partial charge on any atom is -0.508 e. The van der Waals surface area contributed by atoms with Gasteiger partial charge in [-0.3, -0.25) is 9.59 Å². The van der Waals surface area contributed by atoms with Crippen molar-refractivity contribution in [3.05, 3.63) is 74.9 Å². The van der Waals surface area contributed by atoms with Gasteiger partial charge < -0.3 is 50.0 Å². The van der Waals surface area contributed by atoms with Gasteiger partial charge in [-0.05, 0) is 36.8 Å². The summed E-state index contributed by atoms with van der Waals surface area (Å²) >= 11 is 0. The van der Waals surface area contributed by atoms with Crippen LogP contribution in [0.4, 0.5) is 0 Å². The molecule has 13 nitrogen and oxygen atoms in total. The standard InChI is InChI=1S/C29H22O13/c1-11-2-12(3-19(33)25(11)36)29(39)42-23-9-17-18(32)4-13(31)5-22(17)41-28(23)16-8-21(35)27(38)24-15(16)6-14(40-10-30)7-20(34)26(24)37/h2-8,10,23,28,31-33,35-36,38H,9H2,1H3,(H,34,37)/t23-,28-/m1/s1. The van der Waals surface area contributed by atoms with E-state index in [0.717, 1.165) is 30.3 Å². The lowest BCUT2D eigenvalue weighted by molar-refractivity contribution is -0.120. The molecular weight excluding hydrogens is 556 g/mol. The highest BCUT2D eigenvalue weighted by Crippen LogP contribution is 2.48. The van der Waals surface area contributed by atoms with E-state index in [-0.39, 0.29) is 63.5 Å². The summed E-state index contributed by atoms with van der Waals surface area (Å²) in [7, 11) is 0. The Balaban J connectivity index is 1.73. The van der Waals surface area contributed by atoms with Crippen LogP contribution in [-0.4, -0.2) is 54.3 Å². The summed E-state index contributed by atoms with van der Waals surface area (Å²) in [6.07, 6.45) is -2.94. The number of carbonyl (C=O) groups excluding carboxylic acids is 2. The summed E-state index contributed by atoms with van der Waals surface area (Å²) in [6, 6.07) is 7.36. The van der Waals surface area contributed by atoms with Crippen molar-refractivity contribution in [1.82, 2.24) is 0 Å². The van der Waals surface area contributed by atoms with E-state index < -0.39 is 57.7 Å². The third kappa shape index (κ3) is 4.72. The number of fused-ring (bicyclic) bond motifs is 2. The third-order valence-corrected chi connectivity index (χ3v) is 6.81. The zero-order valence-electron chi connectivity index (χ0n) is 21.6. The second-order valence-corrected chi connectivity index (χ2v) is 9.53. The maximum Gasteiger partial charge on any atom is 0.338 e. The Morgan fingerprint density at radius 3 is 2.29 bits per heavy atom. The van der Waals surface area contributed by atoms with Crippen LogP contribution in [0.25, 0.3) is 10.8 Å². The monoisotopic (exact) mass is 578 g/mol. The molecule has 0 spiro atoms. The van der Waals surface area contributed by atoms with Gasteiger partial charge in [0.25, 0.3) is 6.47 Å². The third-order valence-electron chi connectivity index (χ3n) is 6.81. The van der Waals surface area contributed by atoms with Gasteiger partial charge >= 0.3 is 5.97 Å². The lowest BCUT2D eigenvalue weighted by atomic mass is 9.90. The number of ether oxygens (including phenoxy) is 3. The van der Waals surface area contributed by atoms with Crippen LogP contribution < -0.4 is 14.9 Å². The molecule has 1 aliphatic rings. The minimum atomic E-state index is -1.40. The fourth-order valence-electron chi connectivity index (χ4n) is 4.85. The predicted molar refractivity (Wildman–Crippen MR) is 142 cm³/mol. The van der Waals surface area contributed by atoms with Gasteiger partial charge in [0.05, 0.1) is 10.9 Å². The first kappa shape index (κ1) is 27.7. The number of carbonyl (C=O) groups is 2. The molecule has 42 heavy (non-hydrogen) atoms. The molecule has 0 saturated carbocycles. The fourth-order valence-corrected chi connectivity index (χ4v) is 4.85. The van der Waals surface area contributed by atoms with Crippen LogP contribution in [0.1, 0.15) is 33.2 Å². The molecule has 7 N–H and O–H groups in total. The van der Waals surface area contributed by atoms with Crippen molar-refractivity contribution in [2.24, 2.45) is 0 Å². The highest BCUT2D eigenvalue weighted by Gasteiger charge is 2.38. The number of aromatic hydroxyl groups is 7. The van der Waals surface area contributed by atoms with Gasteiger partial charge in [-0.1, -0.05) is 0 Å². The second-order valence-electron chi connectivity index (χ2n) is 9.53. The van der Waals surface area contributed by atoms with Gasteiger partial charge in [-0.2, -0.15) is 0 Å². The number of benzene rings is 3. The molecule has 0 bridgehead atoms. The Morgan fingerprint density at radius 1 is 0.881 bits per heavy atom. The lowest BCUT2D eigenvalue weighted by Crippen LogP contribution is -2.35. The highest BCUT2D eigenvalue weighted by atomic mass is 16.6. The molecule has 1 aliphatic heterocycles. The van der Waals surface area contributed by atoms with Crippen molar-refractivity contribution < 1.29 is 59.5 Å². The van der Waals surface area contributed by atoms with Gasteiger partial charge in [0, 0.05) is 41.1 Å². The minimum absolute atomic E-state index is 0.0240. The molecule has 0 aliphatic carbocycles. The summed E-state index contributed by atoms with van der Waals surface area (Å²) in [5.41, 5.74) is -0.978. The summed E-state index contributed by atoms with van der Waals surface area (Å²) in [5.74, 6) is -5.82. The average molecular weight is 578 g/mol. The van der Waals surface area contributed by atoms with E-state index in [1.807, 2.05) is 0 Å². The van der Waals surface area contributed by atoms with Crippen molar-refractivity contribution in [3.8, 4) is 51.7 Å². The molecule has 0 aromatic heterocycles. The summed E-state index contributed by atoms with van der Waals surface area (Å²) in [4.78, 5) is 36.8. The smallest absolute Gasteiger partial charge is 0.338 e. The van der Waals surface area contributed by atoms with E-state index in [0.29, 0.717) is 0 Å². The molecule has 0 unspecified atom stereocenters. The van der Waals surface area contributed by atoms with Crippen LogP contribution >= 0.6 is 0 Å². The molecule has 1 heterocycles. The Hall–Kier alpha value is -5.85. The average Bonchev–Trinajstić information content (AvgIpc) is 3.05. The van der Waals surface area contributed by atoms with Gasteiger partial charge in [0.2, 0.25) is 5.43 Å². The summed E-state index contributed by atoms with van der Waals surface area (Å²) in [6.45, 7) is 1.47. The molecule has 0 fully saturated rings. The number of esters is 1. The number of hydrogen-bond donors (Lipinski definition) is 7. The van der Waals surface area contributed by atoms with Gasteiger partial charge in [-0.15, -0.1) is 0 Å². The molecular formula is C29H22O13. The molecule has 13 heteroatoms. The number of aryl methyl sites for hydroxylation is 1. The Bertz CT molecular complexity index is 1820. The molecule has 216 valence electrons.